The third kappa shape index (κ3) is 3.31. The van der Waals surface area contributed by atoms with E-state index in [-0.39, 0.29) is 22.8 Å². The Bertz CT molecular complexity index is 1180. The Morgan fingerprint density at radius 3 is 2.59 bits per heavy atom. The first-order valence-corrected chi connectivity index (χ1v) is 10.7. The van der Waals surface area contributed by atoms with Crippen LogP contribution >= 0.6 is 0 Å². The largest absolute Gasteiger partial charge is 0.469 e. The molecular weight excluding hydrogens is 392 g/mol. The van der Waals surface area contributed by atoms with Gasteiger partial charge < -0.3 is 15.8 Å². The van der Waals surface area contributed by atoms with E-state index in [1.54, 1.807) is 30.3 Å². The van der Waals surface area contributed by atoms with Crippen LogP contribution in [0, 0.1) is 12.8 Å². The van der Waals surface area contributed by atoms with Gasteiger partial charge in [-0.3, -0.25) is 4.79 Å². The molecule has 1 aliphatic rings. The number of nitrogens with zero attached hydrogens (tertiary/aromatic N) is 2. The van der Waals surface area contributed by atoms with E-state index in [4.69, 9.17) is 10.5 Å². The number of fused-ring (bicyclic) bond motifs is 1. The average Bonchev–Trinajstić information content (AvgIpc) is 3.10. The topological polar surface area (TPSA) is 116 Å². The van der Waals surface area contributed by atoms with E-state index >= 15 is 0 Å². The van der Waals surface area contributed by atoms with Crippen molar-refractivity contribution < 1.29 is 17.9 Å². The minimum atomic E-state index is -3.79. The molecule has 0 saturated heterocycles. The van der Waals surface area contributed by atoms with Crippen LogP contribution in [0.4, 0.5) is 11.4 Å². The molecule has 0 bridgehead atoms. The number of nitrogen functional groups attached to an aromatic ring is 1. The van der Waals surface area contributed by atoms with E-state index in [0.717, 1.165) is 9.54 Å². The van der Waals surface area contributed by atoms with Gasteiger partial charge in [-0.25, -0.2) is 17.4 Å². The van der Waals surface area contributed by atoms with Crippen molar-refractivity contribution in [2.75, 3.05) is 18.2 Å². The first-order valence-electron chi connectivity index (χ1n) is 9.23. The van der Waals surface area contributed by atoms with Gasteiger partial charge in [0.2, 0.25) is 0 Å². The molecule has 1 saturated carbocycles. The lowest BCUT2D eigenvalue weighted by Gasteiger charge is -2.34. The predicted octanol–water partition coefficient (Wildman–Crippen LogP) is 2.53. The number of carbonyl (C=O) groups is 1. The van der Waals surface area contributed by atoms with Crippen LogP contribution in [-0.2, 0) is 19.6 Å². The zero-order valence-corrected chi connectivity index (χ0v) is 16.9. The number of anilines is 2. The summed E-state index contributed by atoms with van der Waals surface area (Å²) in [7, 11) is -2.41. The van der Waals surface area contributed by atoms with Gasteiger partial charge in [0.15, 0.2) is 5.65 Å². The molecule has 1 aromatic carbocycles. The smallest absolute Gasteiger partial charge is 0.308 e. The Balaban J connectivity index is 1.67. The zero-order chi connectivity index (χ0) is 20.8. The number of aryl methyl sites for hydroxylation is 1. The number of benzene rings is 1. The molecule has 0 aliphatic heterocycles. The summed E-state index contributed by atoms with van der Waals surface area (Å²) in [6.07, 6.45) is 4.20. The van der Waals surface area contributed by atoms with Crippen molar-refractivity contribution in [2.24, 2.45) is 5.92 Å². The molecule has 4 rings (SSSR count). The van der Waals surface area contributed by atoms with Crippen LogP contribution in [0.3, 0.4) is 0 Å². The second kappa shape index (κ2) is 7.07. The number of methoxy groups -OCH3 is 1. The van der Waals surface area contributed by atoms with Gasteiger partial charge in [-0.15, -0.1) is 0 Å². The molecule has 152 valence electrons. The summed E-state index contributed by atoms with van der Waals surface area (Å²) in [6, 6.07) is 8.41. The molecule has 0 unspecified atom stereocenters. The van der Waals surface area contributed by atoms with Crippen LogP contribution in [0.15, 0.2) is 47.6 Å². The van der Waals surface area contributed by atoms with Crippen LogP contribution in [0.25, 0.3) is 11.0 Å². The molecule has 2 heterocycles. The van der Waals surface area contributed by atoms with Gasteiger partial charge in [-0.1, -0.05) is 17.7 Å². The number of nitrogens with two attached hydrogens (primary N) is 1. The highest BCUT2D eigenvalue weighted by molar-refractivity contribution is 7.90. The second-order valence-electron chi connectivity index (χ2n) is 7.29. The standard InChI is InChI=1S/C20H22N4O4S/c1-12-3-5-15(6-4-12)29(26,27)24-8-7-16-18(17(21)11-22-19(16)24)23-14-9-13(10-14)20(25)28-2/h3-8,11,13-14H,9-10,21H2,1-2H3,(H,22,23)/t13-,14+. The van der Waals surface area contributed by atoms with Crippen molar-refractivity contribution in [3.63, 3.8) is 0 Å². The van der Waals surface area contributed by atoms with Crippen LogP contribution in [0.5, 0.6) is 0 Å². The van der Waals surface area contributed by atoms with Gasteiger partial charge in [0.25, 0.3) is 10.0 Å². The lowest BCUT2D eigenvalue weighted by atomic mass is 9.80. The highest BCUT2D eigenvalue weighted by atomic mass is 32.2. The first kappa shape index (κ1) is 19.3. The lowest BCUT2D eigenvalue weighted by Crippen LogP contribution is -2.40. The molecule has 3 N–H and O–H groups in total. The average molecular weight is 414 g/mol. The number of hydrogen-bond donors (Lipinski definition) is 2. The van der Waals surface area contributed by atoms with Gasteiger partial charge in [0.1, 0.15) is 0 Å². The molecule has 8 nitrogen and oxygen atoms in total. The number of rotatable bonds is 5. The third-order valence-corrected chi connectivity index (χ3v) is 6.99. The van der Waals surface area contributed by atoms with Crippen LogP contribution in [0.1, 0.15) is 18.4 Å². The molecule has 3 aromatic rings. The Kier molecular flexibility index (Phi) is 4.70. The molecule has 0 spiro atoms. The van der Waals surface area contributed by atoms with Crippen molar-refractivity contribution >= 4 is 38.4 Å². The van der Waals surface area contributed by atoms with Gasteiger partial charge in [-0.2, -0.15) is 0 Å². The Labute approximate surface area is 168 Å². The van der Waals surface area contributed by atoms with Gasteiger partial charge in [-0.05, 0) is 38.0 Å². The maximum absolute atomic E-state index is 13.1. The monoisotopic (exact) mass is 414 g/mol. The second-order valence-corrected chi connectivity index (χ2v) is 9.10. The zero-order valence-electron chi connectivity index (χ0n) is 16.1. The number of aromatic nitrogens is 2. The van der Waals surface area contributed by atoms with Crippen molar-refractivity contribution in [1.82, 2.24) is 8.96 Å². The van der Waals surface area contributed by atoms with E-state index in [1.807, 2.05) is 6.92 Å². The molecule has 29 heavy (non-hydrogen) atoms. The number of nitrogens with one attached hydrogen (secondary N) is 1. The van der Waals surface area contributed by atoms with E-state index in [1.165, 1.54) is 19.5 Å². The van der Waals surface area contributed by atoms with Crippen LogP contribution in [0.2, 0.25) is 0 Å². The molecule has 0 radical (unpaired) electrons. The number of pyridine rings is 1. The highest BCUT2D eigenvalue weighted by Gasteiger charge is 2.36. The quantitative estimate of drug-likeness (QED) is 0.616. The number of hydrogen-bond acceptors (Lipinski definition) is 7. The molecule has 1 aliphatic carbocycles. The highest BCUT2D eigenvalue weighted by Crippen LogP contribution is 2.36. The molecule has 0 atom stereocenters. The summed E-state index contributed by atoms with van der Waals surface area (Å²) in [4.78, 5) is 16.0. The minimum Gasteiger partial charge on any atom is -0.469 e. The van der Waals surface area contributed by atoms with E-state index < -0.39 is 10.0 Å². The summed E-state index contributed by atoms with van der Waals surface area (Å²) in [6.45, 7) is 1.90. The fraction of sp³-hybridized carbons (Fsp3) is 0.300. The van der Waals surface area contributed by atoms with E-state index in [9.17, 15) is 13.2 Å². The van der Waals surface area contributed by atoms with Gasteiger partial charge in [0, 0.05) is 17.6 Å². The maximum Gasteiger partial charge on any atom is 0.308 e. The fourth-order valence-electron chi connectivity index (χ4n) is 3.56. The number of esters is 1. The van der Waals surface area contributed by atoms with Crippen molar-refractivity contribution in [1.29, 1.82) is 0 Å². The lowest BCUT2D eigenvalue weighted by molar-refractivity contribution is -0.148. The minimum absolute atomic E-state index is 0.0593. The van der Waals surface area contributed by atoms with Crippen LogP contribution < -0.4 is 11.1 Å². The van der Waals surface area contributed by atoms with Gasteiger partial charge >= 0.3 is 5.97 Å². The Hall–Kier alpha value is -3.07. The molecule has 2 aromatic heterocycles. The predicted molar refractivity (Wildman–Crippen MR) is 110 cm³/mol. The molecule has 0 amide bonds. The van der Waals surface area contributed by atoms with Gasteiger partial charge in [0.05, 0.1) is 35.5 Å². The third-order valence-electron chi connectivity index (χ3n) is 5.31. The van der Waals surface area contributed by atoms with E-state index in [0.29, 0.717) is 35.2 Å². The molecule has 1 fully saturated rings. The summed E-state index contributed by atoms with van der Waals surface area (Å²) in [5.41, 5.74) is 8.43. The SMILES string of the molecule is COC(=O)[C@H]1C[C@@H](Nc2c(N)cnc3c2ccn3S(=O)(=O)c2ccc(C)cc2)C1. The number of carbonyl (C=O) groups excluding carboxylic acids is 1. The Morgan fingerprint density at radius 1 is 1.24 bits per heavy atom. The number of ether oxygens (including phenoxy) is 1. The van der Waals surface area contributed by atoms with Crippen molar-refractivity contribution in [2.45, 2.75) is 30.7 Å². The Morgan fingerprint density at radius 2 is 1.93 bits per heavy atom. The molecule has 9 heteroatoms. The maximum atomic E-state index is 13.1. The summed E-state index contributed by atoms with van der Waals surface area (Å²) in [5.74, 6) is -0.339. The molecular formula is C20H22N4O4S. The summed E-state index contributed by atoms with van der Waals surface area (Å²) in [5, 5.41) is 3.94. The fourth-order valence-corrected chi connectivity index (χ4v) is 4.86. The summed E-state index contributed by atoms with van der Waals surface area (Å²) >= 11 is 0. The summed E-state index contributed by atoms with van der Waals surface area (Å²) < 4.78 is 32.1. The van der Waals surface area contributed by atoms with Crippen molar-refractivity contribution in [3.8, 4) is 0 Å². The normalized spacial score (nSPS) is 19.0. The van der Waals surface area contributed by atoms with Crippen molar-refractivity contribution in [3.05, 3.63) is 48.3 Å². The first-order chi connectivity index (χ1) is 13.8. The van der Waals surface area contributed by atoms with Crippen LogP contribution in [-0.4, -0.2) is 36.5 Å². The van der Waals surface area contributed by atoms with E-state index in [2.05, 4.69) is 10.3 Å².